The summed E-state index contributed by atoms with van der Waals surface area (Å²) in [6.07, 6.45) is 4.57. The quantitative estimate of drug-likeness (QED) is 0.600. The lowest BCUT2D eigenvalue weighted by atomic mass is 9.63. The van der Waals surface area contributed by atoms with E-state index in [1.807, 2.05) is 13.8 Å². The van der Waals surface area contributed by atoms with Gasteiger partial charge in [-0.25, -0.2) is 0 Å². The summed E-state index contributed by atoms with van der Waals surface area (Å²) < 4.78 is 0. The van der Waals surface area contributed by atoms with Crippen LogP contribution in [-0.4, -0.2) is 11.6 Å². The first-order valence-corrected chi connectivity index (χ1v) is 5.55. The zero-order chi connectivity index (χ0) is 10.3. The molecule has 2 nitrogen and oxygen atoms in total. The highest BCUT2D eigenvalue weighted by Crippen LogP contribution is 2.42. The van der Waals surface area contributed by atoms with E-state index in [0.29, 0.717) is 18.8 Å². The van der Waals surface area contributed by atoms with Crippen LogP contribution in [0, 0.1) is 17.3 Å². The standard InChI is InChI=1S/C12H18O2/c1-12(2)6-9(13)11(10(14)7-12)8-4-3-5-8/h8,11H,3-7H2,1-2H3. The van der Waals surface area contributed by atoms with Gasteiger partial charge in [0.1, 0.15) is 11.6 Å². The van der Waals surface area contributed by atoms with E-state index in [9.17, 15) is 9.59 Å². The zero-order valence-electron chi connectivity index (χ0n) is 9.01. The molecule has 14 heavy (non-hydrogen) atoms. The molecule has 0 aromatic rings. The number of hydrogen-bond acceptors (Lipinski definition) is 2. The van der Waals surface area contributed by atoms with Gasteiger partial charge in [-0.15, -0.1) is 0 Å². The summed E-state index contributed by atoms with van der Waals surface area (Å²) in [6, 6.07) is 0. The molecule has 0 bridgehead atoms. The number of Topliss-reactive ketones (excluding diaryl/α,β-unsaturated/α-hetero) is 2. The molecule has 2 fully saturated rings. The van der Waals surface area contributed by atoms with Gasteiger partial charge < -0.3 is 0 Å². The lowest BCUT2D eigenvalue weighted by molar-refractivity contribution is -0.143. The molecule has 0 N–H and O–H groups in total. The number of carbonyl (C=O) groups is 2. The molecule has 0 aliphatic heterocycles. The van der Waals surface area contributed by atoms with Crippen LogP contribution in [-0.2, 0) is 9.59 Å². The second-order valence-corrected chi connectivity index (χ2v) is 5.62. The molecule has 0 aromatic heterocycles. The molecule has 2 rings (SSSR count). The number of ketones is 2. The van der Waals surface area contributed by atoms with Crippen molar-refractivity contribution in [3.05, 3.63) is 0 Å². The Morgan fingerprint density at radius 3 is 1.93 bits per heavy atom. The van der Waals surface area contributed by atoms with Gasteiger partial charge in [-0.05, 0) is 24.2 Å². The van der Waals surface area contributed by atoms with Crippen molar-refractivity contribution in [3.8, 4) is 0 Å². The zero-order valence-corrected chi connectivity index (χ0v) is 9.01. The van der Waals surface area contributed by atoms with Gasteiger partial charge >= 0.3 is 0 Å². The molecule has 0 amide bonds. The van der Waals surface area contributed by atoms with Gasteiger partial charge in [0, 0.05) is 12.8 Å². The van der Waals surface area contributed by atoms with Gasteiger partial charge in [0.25, 0.3) is 0 Å². The topological polar surface area (TPSA) is 34.1 Å². The summed E-state index contributed by atoms with van der Waals surface area (Å²) in [5, 5.41) is 0. The molecule has 0 heterocycles. The maximum absolute atomic E-state index is 11.8. The fraction of sp³-hybridized carbons (Fsp3) is 0.833. The summed E-state index contributed by atoms with van der Waals surface area (Å²) in [7, 11) is 0. The van der Waals surface area contributed by atoms with E-state index >= 15 is 0 Å². The molecule has 2 aliphatic carbocycles. The summed E-state index contributed by atoms with van der Waals surface area (Å²) >= 11 is 0. The molecule has 0 radical (unpaired) electrons. The van der Waals surface area contributed by atoms with E-state index < -0.39 is 0 Å². The highest BCUT2D eigenvalue weighted by molar-refractivity contribution is 6.05. The van der Waals surface area contributed by atoms with Crippen molar-refractivity contribution in [3.63, 3.8) is 0 Å². The summed E-state index contributed by atoms with van der Waals surface area (Å²) in [5.41, 5.74) is -0.0889. The lowest BCUT2D eigenvalue weighted by Crippen LogP contribution is -2.43. The lowest BCUT2D eigenvalue weighted by Gasteiger charge is -2.38. The van der Waals surface area contributed by atoms with Crippen molar-refractivity contribution < 1.29 is 9.59 Å². The van der Waals surface area contributed by atoms with Crippen LogP contribution < -0.4 is 0 Å². The molecule has 78 valence electrons. The van der Waals surface area contributed by atoms with Crippen LogP contribution >= 0.6 is 0 Å². The molecular formula is C12H18O2. The van der Waals surface area contributed by atoms with E-state index in [1.54, 1.807) is 0 Å². The second kappa shape index (κ2) is 3.18. The van der Waals surface area contributed by atoms with E-state index in [1.165, 1.54) is 6.42 Å². The molecule has 0 atom stereocenters. The van der Waals surface area contributed by atoms with E-state index in [2.05, 4.69) is 0 Å². The molecule has 2 saturated carbocycles. The Balaban J connectivity index is 2.11. The van der Waals surface area contributed by atoms with Crippen LogP contribution in [0.25, 0.3) is 0 Å². The average Bonchev–Trinajstić information content (AvgIpc) is 1.90. The van der Waals surface area contributed by atoms with Crippen molar-refractivity contribution in [2.75, 3.05) is 0 Å². The van der Waals surface area contributed by atoms with Crippen LogP contribution in [0.1, 0.15) is 46.0 Å². The maximum atomic E-state index is 11.8. The Morgan fingerprint density at radius 2 is 1.57 bits per heavy atom. The third-order valence-corrected chi connectivity index (χ3v) is 3.62. The summed E-state index contributed by atoms with van der Waals surface area (Å²) in [5.74, 6) is 0.578. The van der Waals surface area contributed by atoms with Gasteiger partial charge in [0.2, 0.25) is 0 Å². The van der Waals surface area contributed by atoms with Crippen LogP contribution in [0.3, 0.4) is 0 Å². The molecule has 0 aromatic carbocycles. The highest BCUT2D eigenvalue weighted by atomic mass is 16.2. The first-order chi connectivity index (χ1) is 6.49. The first kappa shape index (κ1) is 9.88. The SMILES string of the molecule is CC1(C)CC(=O)C(C2CCC2)C(=O)C1. The first-order valence-electron chi connectivity index (χ1n) is 5.55. The third-order valence-electron chi connectivity index (χ3n) is 3.62. The van der Waals surface area contributed by atoms with Gasteiger partial charge in [-0.2, -0.15) is 0 Å². The van der Waals surface area contributed by atoms with Gasteiger partial charge in [-0.1, -0.05) is 20.3 Å². The Morgan fingerprint density at radius 1 is 1.07 bits per heavy atom. The van der Waals surface area contributed by atoms with Crippen LogP contribution in [0.15, 0.2) is 0 Å². The van der Waals surface area contributed by atoms with Crippen molar-refractivity contribution in [1.29, 1.82) is 0 Å². The van der Waals surface area contributed by atoms with Crippen molar-refractivity contribution in [1.82, 2.24) is 0 Å². The maximum Gasteiger partial charge on any atom is 0.144 e. The predicted octanol–water partition coefficient (Wildman–Crippen LogP) is 2.36. The molecule has 2 heteroatoms. The Kier molecular flexibility index (Phi) is 2.24. The van der Waals surface area contributed by atoms with E-state index in [-0.39, 0.29) is 22.9 Å². The minimum absolute atomic E-state index is 0.0889. The second-order valence-electron chi connectivity index (χ2n) is 5.62. The number of hydrogen-bond donors (Lipinski definition) is 0. The van der Waals surface area contributed by atoms with Gasteiger partial charge in [0.05, 0.1) is 5.92 Å². The minimum atomic E-state index is -0.225. The van der Waals surface area contributed by atoms with Crippen molar-refractivity contribution in [2.45, 2.75) is 46.0 Å². The summed E-state index contributed by atoms with van der Waals surface area (Å²) in [4.78, 5) is 23.7. The monoisotopic (exact) mass is 194 g/mol. The van der Waals surface area contributed by atoms with Crippen LogP contribution in [0.4, 0.5) is 0 Å². The van der Waals surface area contributed by atoms with Gasteiger partial charge in [-0.3, -0.25) is 9.59 Å². The fourth-order valence-electron chi connectivity index (χ4n) is 2.70. The van der Waals surface area contributed by atoms with Crippen LogP contribution in [0.5, 0.6) is 0 Å². The fourth-order valence-corrected chi connectivity index (χ4v) is 2.70. The normalized spacial score (nSPS) is 29.0. The number of carbonyl (C=O) groups excluding carboxylic acids is 2. The molecule has 0 unspecified atom stereocenters. The van der Waals surface area contributed by atoms with E-state index in [0.717, 1.165) is 12.8 Å². The Hall–Kier alpha value is -0.660. The molecule has 0 spiro atoms. The van der Waals surface area contributed by atoms with Gasteiger partial charge in [0.15, 0.2) is 0 Å². The van der Waals surface area contributed by atoms with Crippen molar-refractivity contribution >= 4 is 11.6 Å². The van der Waals surface area contributed by atoms with Crippen molar-refractivity contribution in [2.24, 2.45) is 17.3 Å². The Bertz CT molecular complexity index is 254. The molecular weight excluding hydrogens is 176 g/mol. The minimum Gasteiger partial charge on any atom is -0.299 e. The highest BCUT2D eigenvalue weighted by Gasteiger charge is 2.44. The predicted molar refractivity (Wildman–Crippen MR) is 53.9 cm³/mol. The number of rotatable bonds is 1. The smallest absolute Gasteiger partial charge is 0.144 e. The molecule has 2 aliphatic rings. The molecule has 0 saturated heterocycles. The van der Waals surface area contributed by atoms with Crippen LogP contribution in [0.2, 0.25) is 0 Å². The average molecular weight is 194 g/mol. The third kappa shape index (κ3) is 1.62. The largest absolute Gasteiger partial charge is 0.299 e. The summed E-state index contributed by atoms with van der Waals surface area (Å²) in [6.45, 7) is 4.03. The van der Waals surface area contributed by atoms with E-state index in [4.69, 9.17) is 0 Å². The Labute approximate surface area is 85.1 Å².